The zero-order chi connectivity index (χ0) is 19.8. The molecule has 2 N–H and O–H groups in total. The van der Waals surface area contributed by atoms with Crippen molar-refractivity contribution in [3.8, 4) is 23.0 Å². The number of carboxylic acid groups (broad SMARTS) is 1. The number of carboxylic acids is 1. The number of phenols is 1. The first-order chi connectivity index (χ1) is 13.5. The number of aromatic hydroxyl groups is 1. The molecule has 3 aromatic rings. The number of fused-ring (bicyclic) bond motifs is 2. The highest BCUT2D eigenvalue weighted by atomic mass is 16.5. The number of hydrogen-bond acceptors (Lipinski definition) is 6. The normalized spacial score (nSPS) is 14.2. The van der Waals surface area contributed by atoms with E-state index in [2.05, 4.69) is 4.99 Å². The summed E-state index contributed by atoms with van der Waals surface area (Å²) in [5.74, 6) is -1.40. The van der Waals surface area contributed by atoms with Crippen LogP contribution in [0.4, 0.5) is 5.69 Å². The van der Waals surface area contributed by atoms with Gasteiger partial charge < -0.3 is 20.1 Å². The number of carbonyl (C=O) groups is 1. The molecule has 1 heterocycles. The molecule has 7 nitrogen and oxygen atoms in total. The number of ether oxygens (including phenoxy) is 1. The highest BCUT2D eigenvalue weighted by Gasteiger charge is 2.31. The van der Waals surface area contributed by atoms with Crippen LogP contribution >= 0.6 is 0 Å². The number of nitrogens with zero attached hydrogens (tertiary/aromatic N) is 1. The Morgan fingerprint density at radius 1 is 1.00 bits per heavy atom. The highest BCUT2D eigenvalue weighted by Crippen LogP contribution is 2.49. The van der Waals surface area contributed by atoms with E-state index < -0.39 is 11.9 Å². The van der Waals surface area contributed by atoms with Gasteiger partial charge in [0.05, 0.1) is 11.3 Å². The maximum Gasteiger partial charge on any atom is 0.336 e. The topological polar surface area (TPSA) is 119 Å². The molecule has 28 heavy (non-hydrogen) atoms. The van der Waals surface area contributed by atoms with Crippen LogP contribution in [0.2, 0.25) is 0 Å². The first-order valence-corrected chi connectivity index (χ1v) is 8.25. The second-order valence-corrected chi connectivity index (χ2v) is 6.24. The first kappa shape index (κ1) is 17.3. The summed E-state index contributed by atoms with van der Waals surface area (Å²) in [7, 11) is 0. The predicted octanol–water partition coefficient (Wildman–Crippen LogP) is 3.42. The van der Waals surface area contributed by atoms with Crippen molar-refractivity contribution in [2.75, 3.05) is 0 Å². The average Bonchev–Trinajstić information content (AvgIpc) is 2.66. The molecule has 0 radical (unpaired) electrons. The van der Waals surface area contributed by atoms with Crippen molar-refractivity contribution >= 4 is 17.7 Å². The molecule has 1 aliphatic heterocycles. The second kappa shape index (κ2) is 6.57. The molecule has 138 valence electrons. The third kappa shape index (κ3) is 2.86. The molecular formula is C21H12NO6-. The molecule has 0 amide bonds. The lowest BCUT2D eigenvalue weighted by molar-refractivity contribution is -0.268. The molecule has 4 rings (SSSR count). The summed E-state index contributed by atoms with van der Waals surface area (Å²) >= 11 is 0. The van der Waals surface area contributed by atoms with E-state index in [9.17, 15) is 24.9 Å². The van der Waals surface area contributed by atoms with Crippen LogP contribution in [-0.4, -0.2) is 22.3 Å². The van der Waals surface area contributed by atoms with Gasteiger partial charge >= 0.3 is 5.97 Å². The summed E-state index contributed by atoms with van der Waals surface area (Å²) in [4.78, 5) is 25.9. The van der Waals surface area contributed by atoms with Crippen LogP contribution in [0.5, 0.6) is 23.0 Å². The van der Waals surface area contributed by atoms with Gasteiger partial charge in [-0.05, 0) is 29.8 Å². The molecule has 1 aliphatic rings. The molecule has 0 aromatic heterocycles. The number of carbonyl (C=O) groups excluding carboxylic acids is 1. The Hall–Kier alpha value is -4.09. The summed E-state index contributed by atoms with van der Waals surface area (Å²) in [6, 6.07) is 13.2. The van der Waals surface area contributed by atoms with Gasteiger partial charge in [0.2, 0.25) is 6.08 Å². The number of aliphatic imine (C=N–C) groups is 1. The van der Waals surface area contributed by atoms with Gasteiger partial charge in [0.15, 0.2) is 0 Å². The standard InChI is InChI=1S/C21H13NO6/c23-10-22-11-1-4-14(17(7-11)21(26)27)20-15-5-2-12(24)8-18(15)28-19-9-13(25)3-6-16(19)20/h1-9,20,24-25H,(H,26,27)/p-1. The minimum atomic E-state index is -1.19. The molecule has 1 unspecified atom stereocenters. The molecule has 0 bridgehead atoms. The van der Waals surface area contributed by atoms with Crippen LogP contribution in [0.25, 0.3) is 0 Å². The van der Waals surface area contributed by atoms with Crippen LogP contribution < -0.4 is 9.84 Å². The summed E-state index contributed by atoms with van der Waals surface area (Å²) in [6.07, 6.45) is 1.39. The summed E-state index contributed by atoms with van der Waals surface area (Å²) in [5, 5.41) is 31.3. The van der Waals surface area contributed by atoms with Crippen LogP contribution in [0.1, 0.15) is 33.0 Å². The highest BCUT2D eigenvalue weighted by molar-refractivity contribution is 5.91. The second-order valence-electron chi connectivity index (χ2n) is 6.24. The molecule has 1 atom stereocenters. The molecule has 7 heteroatoms. The lowest BCUT2D eigenvalue weighted by Gasteiger charge is -2.30. The van der Waals surface area contributed by atoms with Gasteiger partial charge in [0, 0.05) is 23.1 Å². The third-order valence-corrected chi connectivity index (χ3v) is 4.58. The van der Waals surface area contributed by atoms with Crippen LogP contribution in [0.3, 0.4) is 0 Å². The molecule has 0 saturated heterocycles. The van der Waals surface area contributed by atoms with Gasteiger partial charge in [0.25, 0.3) is 0 Å². The minimum absolute atomic E-state index is 0.0200. The maximum absolute atomic E-state index is 11.9. The number of isocyanates is 1. The number of rotatable bonds is 3. The lowest BCUT2D eigenvalue weighted by atomic mass is 9.80. The zero-order valence-electron chi connectivity index (χ0n) is 14.2. The SMILES string of the molecule is O=C=Nc1ccc(C2c3ccc([O-])cc3Oc3cc(O)ccc32)c(C(=O)O)c1. The molecule has 3 aromatic carbocycles. The Morgan fingerprint density at radius 2 is 1.68 bits per heavy atom. The smallest absolute Gasteiger partial charge is 0.336 e. The van der Waals surface area contributed by atoms with Gasteiger partial charge in [-0.3, -0.25) is 0 Å². The van der Waals surface area contributed by atoms with E-state index in [1.807, 2.05) is 0 Å². The first-order valence-electron chi connectivity index (χ1n) is 8.25. The van der Waals surface area contributed by atoms with Crippen LogP contribution in [-0.2, 0) is 4.79 Å². The van der Waals surface area contributed by atoms with Crippen molar-refractivity contribution in [1.29, 1.82) is 0 Å². The fourth-order valence-electron chi connectivity index (χ4n) is 3.42. The van der Waals surface area contributed by atoms with Gasteiger partial charge in [0.1, 0.15) is 17.2 Å². The lowest BCUT2D eigenvalue weighted by Crippen LogP contribution is -2.15. The number of benzene rings is 3. The van der Waals surface area contributed by atoms with E-state index in [1.165, 1.54) is 42.5 Å². The Kier molecular flexibility index (Phi) is 4.07. The van der Waals surface area contributed by atoms with E-state index in [-0.39, 0.29) is 22.7 Å². The number of hydrogen-bond donors (Lipinski definition) is 2. The quantitative estimate of drug-likeness (QED) is 0.419. The van der Waals surface area contributed by atoms with Gasteiger partial charge in [-0.1, -0.05) is 24.3 Å². The Balaban J connectivity index is 2.00. The zero-order valence-corrected chi connectivity index (χ0v) is 14.2. The van der Waals surface area contributed by atoms with Gasteiger partial charge in [-0.15, -0.1) is 5.75 Å². The number of phenolic OH excluding ortho intramolecular Hbond substituents is 1. The molecule has 0 fully saturated rings. The van der Waals surface area contributed by atoms with Crippen molar-refractivity contribution in [3.63, 3.8) is 0 Å². The summed E-state index contributed by atoms with van der Waals surface area (Å²) in [6.45, 7) is 0. The van der Waals surface area contributed by atoms with Gasteiger partial charge in [-0.2, -0.15) is 4.99 Å². The van der Waals surface area contributed by atoms with E-state index in [4.69, 9.17) is 4.74 Å². The van der Waals surface area contributed by atoms with Crippen molar-refractivity contribution in [3.05, 3.63) is 76.9 Å². The average molecular weight is 374 g/mol. The molecular weight excluding hydrogens is 362 g/mol. The summed E-state index contributed by atoms with van der Waals surface area (Å²) < 4.78 is 5.78. The fourth-order valence-corrected chi connectivity index (χ4v) is 3.42. The van der Waals surface area contributed by atoms with E-state index in [1.54, 1.807) is 18.2 Å². The largest absolute Gasteiger partial charge is 0.872 e. The Bertz CT molecular complexity index is 1110. The fraction of sp³-hybridized carbons (Fsp3) is 0.0476. The monoisotopic (exact) mass is 374 g/mol. The maximum atomic E-state index is 11.9. The Morgan fingerprint density at radius 3 is 2.39 bits per heavy atom. The molecule has 0 aliphatic carbocycles. The minimum Gasteiger partial charge on any atom is -0.872 e. The van der Waals surface area contributed by atoms with Crippen LogP contribution in [0.15, 0.2) is 59.6 Å². The van der Waals surface area contributed by atoms with Crippen molar-refractivity contribution < 1.29 is 29.6 Å². The van der Waals surface area contributed by atoms with Crippen molar-refractivity contribution in [1.82, 2.24) is 0 Å². The molecule has 0 spiro atoms. The van der Waals surface area contributed by atoms with Crippen molar-refractivity contribution in [2.45, 2.75) is 5.92 Å². The van der Waals surface area contributed by atoms with E-state index in [0.29, 0.717) is 28.2 Å². The number of aromatic carboxylic acids is 1. The van der Waals surface area contributed by atoms with E-state index in [0.717, 1.165) is 0 Å². The molecule has 0 saturated carbocycles. The third-order valence-electron chi connectivity index (χ3n) is 4.58. The predicted molar refractivity (Wildman–Crippen MR) is 96.2 cm³/mol. The summed E-state index contributed by atoms with van der Waals surface area (Å²) in [5.41, 5.74) is 1.82. The van der Waals surface area contributed by atoms with E-state index >= 15 is 0 Å². The van der Waals surface area contributed by atoms with Crippen LogP contribution in [0, 0.1) is 0 Å². The van der Waals surface area contributed by atoms with Gasteiger partial charge in [-0.25, -0.2) is 9.59 Å². The Labute approximate surface area is 158 Å². The van der Waals surface area contributed by atoms with Crippen molar-refractivity contribution in [2.24, 2.45) is 4.99 Å².